The van der Waals surface area contributed by atoms with E-state index in [0.717, 1.165) is 0 Å². The van der Waals surface area contributed by atoms with Crippen molar-refractivity contribution in [1.82, 2.24) is 0 Å². The van der Waals surface area contributed by atoms with Crippen LogP contribution >= 0.6 is 0 Å². The molecule has 2 aromatic rings. The van der Waals surface area contributed by atoms with Gasteiger partial charge in [-0.05, 0) is 29.8 Å². The quantitative estimate of drug-likeness (QED) is 0.666. The minimum atomic E-state index is -1.12. The summed E-state index contributed by atoms with van der Waals surface area (Å²) in [5.74, 6) is -1.12. The Morgan fingerprint density at radius 3 is 2.32 bits per heavy atom. The van der Waals surface area contributed by atoms with Crippen LogP contribution in [0.25, 0.3) is 0 Å². The lowest BCUT2D eigenvalue weighted by Crippen LogP contribution is -2.08. The maximum Gasteiger partial charge on any atom is 0.333 e. The molecule has 0 bridgehead atoms. The summed E-state index contributed by atoms with van der Waals surface area (Å²) < 4.78 is 0. The van der Waals surface area contributed by atoms with E-state index in [0.29, 0.717) is 16.8 Å². The first-order chi connectivity index (χ1) is 10.6. The van der Waals surface area contributed by atoms with Crippen LogP contribution in [0.15, 0.2) is 77.0 Å². The second-order valence-corrected chi connectivity index (χ2v) is 4.52. The SMILES string of the molecule is C=C(C(=O)O)C(N=Nc1ccc(C#N)cc1)c1ccccc1. The van der Waals surface area contributed by atoms with E-state index in [1.807, 2.05) is 12.1 Å². The van der Waals surface area contributed by atoms with Crippen molar-refractivity contribution in [2.75, 3.05) is 0 Å². The van der Waals surface area contributed by atoms with Crippen molar-refractivity contribution in [2.24, 2.45) is 10.2 Å². The molecular weight excluding hydrogens is 278 g/mol. The number of nitrogens with zero attached hydrogens (tertiary/aromatic N) is 3. The molecule has 2 rings (SSSR count). The molecule has 108 valence electrons. The first kappa shape index (κ1) is 15.1. The second-order valence-electron chi connectivity index (χ2n) is 4.52. The van der Waals surface area contributed by atoms with Gasteiger partial charge in [0.2, 0.25) is 0 Å². The van der Waals surface area contributed by atoms with Crippen LogP contribution in [0.2, 0.25) is 0 Å². The fourth-order valence-electron chi connectivity index (χ4n) is 1.82. The van der Waals surface area contributed by atoms with Crippen molar-refractivity contribution < 1.29 is 9.90 Å². The zero-order chi connectivity index (χ0) is 15.9. The maximum atomic E-state index is 11.2. The molecule has 22 heavy (non-hydrogen) atoms. The molecule has 0 saturated heterocycles. The average Bonchev–Trinajstić information content (AvgIpc) is 2.56. The van der Waals surface area contributed by atoms with E-state index in [4.69, 9.17) is 10.4 Å². The number of azo groups is 1. The summed E-state index contributed by atoms with van der Waals surface area (Å²) in [6.45, 7) is 3.57. The zero-order valence-corrected chi connectivity index (χ0v) is 11.7. The van der Waals surface area contributed by atoms with Crippen molar-refractivity contribution in [3.63, 3.8) is 0 Å². The summed E-state index contributed by atoms with van der Waals surface area (Å²) in [6, 6.07) is 16.8. The van der Waals surface area contributed by atoms with Crippen LogP contribution in [-0.2, 0) is 4.79 Å². The Morgan fingerprint density at radius 2 is 1.77 bits per heavy atom. The van der Waals surface area contributed by atoms with Crippen LogP contribution < -0.4 is 0 Å². The molecule has 0 radical (unpaired) electrons. The molecule has 0 aliphatic rings. The van der Waals surface area contributed by atoms with Gasteiger partial charge in [0, 0.05) is 0 Å². The minimum absolute atomic E-state index is 0.0522. The van der Waals surface area contributed by atoms with Gasteiger partial charge >= 0.3 is 5.97 Å². The third-order valence-corrected chi connectivity index (χ3v) is 3.01. The van der Waals surface area contributed by atoms with Gasteiger partial charge < -0.3 is 5.11 Å². The Morgan fingerprint density at radius 1 is 1.14 bits per heavy atom. The third kappa shape index (κ3) is 3.64. The van der Waals surface area contributed by atoms with Crippen molar-refractivity contribution in [1.29, 1.82) is 5.26 Å². The van der Waals surface area contributed by atoms with Crippen molar-refractivity contribution in [2.45, 2.75) is 6.04 Å². The molecule has 0 aromatic heterocycles. The van der Waals surface area contributed by atoms with Gasteiger partial charge in [-0.25, -0.2) is 4.79 Å². The molecule has 0 saturated carbocycles. The number of carbonyl (C=O) groups is 1. The van der Waals surface area contributed by atoms with Crippen LogP contribution in [0.5, 0.6) is 0 Å². The topological polar surface area (TPSA) is 85.8 Å². The molecule has 0 spiro atoms. The summed E-state index contributed by atoms with van der Waals surface area (Å²) in [7, 11) is 0. The van der Waals surface area contributed by atoms with E-state index >= 15 is 0 Å². The van der Waals surface area contributed by atoms with Crippen LogP contribution in [0.3, 0.4) is 0 Å². The molecule has 0 aliphatic heterocycles. The molecule has 1 N–H and O–H groups in total. The fraction of sp³-hybridized carbons (Fsp3) is 0.0588. The van der Waals surface area contributed by atoms with Crippen molar-refractivity contribution >= 4 is 11.7 Å². The fourth-order valence-corrected chi connectivity index (χ4v) is 1.82. The highest BCUT2D eigenvalue weighted by atomic mass is 16.4. The van der Waals surface area contributed by atoms with Gasteiger partial charge in [-0.2, -0.15) is 15.5 Å². The molecule has 0 amide bonds. The molecular formula is C17H13N3O2. The molecule has 1 atom stereocenters. The van der Waals surface area contributed by atoms with Crippen LogP contribution in [0.1, 0.15) is 17.2 Å². The summed E-state index contributed by atoms with van der Waals surface area (Å²) >= 11 is 0. The number of rotatable bonds is 5. The first-order valence-corrected chi connectivity index (χ1v) is 6.50. The molecule has 2 aromatic carbocycles. The lowest BCUT2D eigenvalue weighted by atomic mass is 10.0. The van der Waals surface area contributed by atoms with E-state index in [1.165, 1.54) is 0 Å². The van der Waals surface area contributed by atoms with Gasteiger partial charge in [0.25, 0.3) is 0 Å². The van der Waals surface area contributed by atoms with E-state index in [2.05, 4.69) is 16.8 Å². The molecule has 0 fully saturated rings. The van der Waals surface area contributed by atoms with Crippen LogP contribution in [-0.4, -0.2) is 11.1 Å². The van der Waals surface area contributed by atoms with E-state index in [-0.39, 0.29) is 5.57 Å². The number of carboxylic acid groups (broad SMARTS) is 1. The van der Waals surface area contributed by atoms with Gasteiger partial charge in [-0.1, -0.05) is 36.9 Å². The highest BCUT2D eigenvalue weighted by Crippen LogP contribution is 2.27. The Kier molecular flexibility index (Phi) is 4.78. The number of aliphatic carboxylic acids is 1. The highest BCUT2D eigenvalue weighted by molar-refractivity contribution is 5.87. The smallest absolute Gasteiger partial charge is 0.333 e. The third-order valence-electron chi connectivity index (χ3n) is 3.01. The highest BCUT2D eigenvalue weighted by Gasteiger charge is 2.19. The predicted molar refractivity (Wildman–Crippen MR) is 81.6 cm³/mol. The zero-order valence-electron chi connectivity index (χ0n) is 11.7. The molecule has 1 unspecified atom stereocenters. The monoisotopic (exact) mass is 291 g/mol. The van der Waals surface area contributed by atoms with Gasteiger partial charge in [-0.3, -0.25) is 0 Å². The van der Waals surface area contributed by atoms with Crippen molar-refractivity contribution in [3.8, 4) is 6.07 Å². The van der Waals surface area contributed by atoms with Gasteiger partial charge in [-0.15, -0.1) is 0 Å². The van der Waals surface area contributed by atoms with E-state index < -0.39 is 12.0 Å². The largest absolute Gasteiger partial charge is 0.478 e. The molecule has 5 nitrogen and oxygen atoms in total. The van der Waals surface area contributed by atoms with Gasteiger partial charge in [0.15, 0.2) is 0 Å². The Labute approximate surface area is 127 Å². The Balaban J connectivity index is 2.30. The molecule has 0 aliphatic carbocycles. The van der Waals surface area contributed by atoms with E-state index in [1.54, 1.807) is 48.5 Å². The predicted octanol–water partition coefficient (Wildman–Crippen LogP) is 4.02. The van der Waals surface area contributed by atoms with Gasteiger partial charge in [0.05, 0.1) is 22.9 Å². The van der Waals surface area contributed by atoms with Crippen molar-refractivity contribution in [3.05, 3.63) is 77.9 Å². The summed E-state index contributed by atoms with van der Waals surface area (Å²) in [5.41, 5.74) is 1.71. The summed E-state index contributed by atoms with van der Waals surface area (Å²) in [4.78, 5) is 11.2. The number of nitriles is 1. The summed E-state index contributed by atoms with van der Waals surface area (Å²) in [6.07, 6.45) is 0. The standard InChI is InChI=1S/C17H13N3O2/c1-12(17(21)22)16(14-5-3-2-4-6-14)20-19-15-9-7-13(11-18)8-10-15/h2-10,16H,1H2,(H,21,22). The van der Waals surface area contributed by atoms with Crippen LogP contribution in [0, 0.1) is 11.3 Å². The Hall–Kier alpha value is -3.26. The lowest BCUT2D eigenvalue weighted by Gasteiger charge is -2.11. The number of hydrogen-bond acceptors (Lipinski definition) is 4. The maximum absolute atomic E-state index is 11.2. The average molecular weight is 291 g/mol. The number of carboxylic acids is 1. The summed E-state index contributed by atoms with van der Waals surface area (Å²) in [5, 5.41) is 26.0. The number of benzene rings is 2. The molecule has 0 heterocycles. The number of hydrogen-bond donors (Lipinski definition) is 1. The van der Waals surface area contributed by atoms with Crippen LogP contribution in [0.4, 0.5) is 5.69 Å². The minimum Gasteiger partial charge on any atom is -0.478 e. The second kappa shape index (κ2) is 6.95. The van der Waals surface area contributed by atoms with E-state index in [9.17, 15) is 4.79 Å². The first-order valence-electron chi connectivity index (χ1n) is 6.50. The normalized spacial score (nSPS) is 11.8. The lowest BCUT2D eigenvalue weighted by molar-refractivity contribution is -0.132. The van der Waals surface area contributed by atoms with Gasteiger partial charge in [0.1, 0.15) is 6.04 Å². The Bertz CT molecular complexity index is 744. The molecule has 5 heteroatoms.